The Morgan fingerprint density at radius 3 is 3.00 bits per heavy atom. The third-order valence-electron chi connectivity index (χ3n) is 6.06. The van der Waals surface area contributed by atoms with Gasteiger partial charge in [-0.15, -0.1) is 0 Å². The number of hydrogen-bond acceptors (Lipinski definition) is 3. The van der Waals surface area contributed by atoms with Gasteiger partial charge in [-0.2, -0.15) is 0 Å². The number of nitrogens with one attached hydrogen (secondary N) is 2. The van der Waals surface area contributed by atoms with Crippen molar-refractivity contribution in [2.45, 2.75) is 39.2 Å². The average molecular weight is 397 g/mol. The number of halogens is 1. The van der Waals surface area contributed by atoms with Gasteiger partial charge in [0.2, 0.25) is 0 Å². The van der Waals surface area contributed by atoms with Gasteiger partial charge in [0.1, 0.15) is 0 Å². The quantitative estimate of drug-likeness (QED) is 0.575. The van der Waals surface area contributed by atoms with Crippen LogP contribution in [0, 0.1) is 11.8 Å². The first-order valence-electron chi connectivity index (χ1n) is 9.78. The van der Waals surface area contributed by atoms with E-state index in [9.17, 15) is 4.79 Å². The summed E-state index contributed by atoms with van der Waals surface area (Å²) in [4.78, 5) is 20.2. The third-order valence-corrected chi connectivity index (χ3v) is 6.37. The predicted molar refractivity (Wildman–Crippen MR) is 114 cm³/mol. The number of rotatable bonds is 4. The normalized spacial score (nSPS) is 20.0. The molecule has 0 saturated heterocycles. The van der Waals surface area contributed by atoms with Crippen molar-refractivity contribution in [3.05, 3.63) is 58.5 Å². The van der Waals surface area contributed by atoms with E-state index >= 15 is 0 Å². The molecular weight excluding hydrogens is 372 g/mol. The summed E-state index contributed by atoms with van der Waals surface area (Å²) in [6.45, 7) is 4.53. The van der Waals surface area contributed by atoms with Crippen LogP contribution in [0.1, 0.15) is 54.3 Å². The minimum Gasteiger partial charge on any atom is -0.357 e. The van der Waals surface area contributed by atoms with Crippen LogP contribution in [0.25, 0.3) is 10.9 Å². The van der Waals surface area contributed by atoms with E-state index in [2.05, 4.69) is 29.1 Å². The van der Waals surface area contributed by atoms with E-state index < -0.39 is 0 Å². The van der Waals surface area contributed by atoms with Gasteiger partial charge in [-0.25, -0.2) is 0 Å². The Morgan fingerprint density at radius 2 is 2.25 bits per heavy atom. The molecular formula is C22H25ClN4O. The summed E-state index contributed by atoms with van der Waals surface area (Å²) in [6, 6.07) is 7.45. The van der Waals surface area contributed by atoms with Crippen LogP contribution < -0.4 is 11.1 Å². The molecule has 1 aliphatic carbocycles. The summed E-state index contributed by atoms with van der Waals surface area (Å²) in [7, 11) is 0. The lowest BCUT2D eigenvalue weighted by atomic mass is 9.76. The second-order valence-electron chi connectivity index (χ2n) is 7.78. The molecule has 28 heavy (non-hydrogen) atoms. The predicted octanol–water partition coefficient (Wildman–Crippen LogP) is 5.08. The molecule has 4 N–H and O–H groups in total. The molecule has 2 heterocycles. The molecule has 1 amide bonds. The van der Waals surface area contributed by atoms with Gasteiger partial charge in [0.25, 0.3) is 5.91 Å². The van der Waals surface area contributed by atoms with E-state index in [0.29, 0.717) is 28.1 Å². The molecule has 3 aromatic rings. The maximum Gasteiger partial charge on any atom is 0.255 e. The van der Waals surface area contributed by atoms with Crippen LogP contribution in [0.2, 0.25) is 5.02 Å². The van der Waals surface area contributed by atoms with E-state index in [1.807, 2.05) is 18.2 Å². The van der Waals surface area contributed by atoms with Crippen molar-refractivity contribution in [1.29, 1.82) is 0 Å². The fourth-order valence-electron chi connectivity index (χ4n) is 4.17. The molecule has 1 aliphatic rings. The van der Waals surface area contributed by atoms with Crippen LogP contribution in [-0.2, 0) is 6.42 Å². The van der Waals surface area contributed by atoms with Crippen LogP contribution in [-0.4, -0.2) is 15.9 Å². The van der Waals surface area contributed by atoms with E-state index in [4.69, 9.17) is 17.3 Å². The molecule has 146 valence electrons. The molecule has 0 saturated carbocycles. The second kappa shape index (κ2) is 7.57. The lowest BCUT2D eigenvalue weighted by Crippen LogP contribution is -2.27. The molecule has 0 aliphatic heterocycles. The Balaban J connectivity index is 1.68. The number of aromatic nitrogens is 2. The number of nitrogens with two attached hydrogens (primary N) is 1. The topological polar surface area (TPSA) is 83.8 Å². The van der Waals surface area contributed by atoms with Crippen molar-refractivity contribution in [1.82, 2.24) is 9.97 Å². The van der Waals surface area contributed by atoms with Gasteiger partial charge >= 0.3 is 0 Å². The molecule has 1 aromatic carbocycles. The largest absolute Gasteiger partial charge is 0.357 e. The standard InChI is InChI=1S/C22H25ClN4O/c1-3-12(2)14-9-16-15-8-13(4-5-19(15)26-21(16)18(24)10-14)22(28)27-20-6-7-25-11-17(20)23/h4-8,11-12,14,18,26H,3,9-10,24H2,1-2H3,(H,25,27,28). The molecule has 3 unspecified atom stereocenters. The molecule has 0 bridgehead atoms. The zero-order chi connectivity index (χ0) is 19.8. The first kappa shape index (κ1) is 19.0. The van der Waals surface area contributed by atoms with Crippen LogP contribution in [0.3, 0.4) is 0 Å². The SMILES string of the molecule is CCC(C)C1Cc2c([nH]c3ccc(C(=O)Nc4ccncc4Cl)cc23)C(N)C1. The first-order chi connectivity index (χ1) is 13.5. The summed E-state index contributed by atoms with van der Waals surface area (Å²) < 4.78 is 0. The number of anilines is 1. The van der Waals surface area contributed by atoms with E-state index in [-0.39, 0.29) is 11.9 Å². The van der Waals surface area contributed by atoms with Crippen LogP contribution in [0.4, 0.5) is 5.69 Å². The molecule has 3 atom stereocenters. The number of nitrogens with zero attached hydrogens (tertiary/aromatic N) is 1. The van der Waals surface area contributed by atoms with E-state index in [1.54, 1.807) is 12.3 Å². The Labute approximate surface area is 169 Å². The fraction of sp³-hybridized carbons (Fsp3) is 0.364. The zero-order valence-corrected chi connectivity index (χ0v) is 16.9. The van der Waals surface area contributed by atoms with Crippen LogP contribution >= 0.6 is 11.6 Å². The summed E-state index contributed by atoms with van der Waals surface area (Å²) in [5, 5.41) is 4.37. The number of amides is 1. The Morgan fingerprint density at radius 1 is 1.43 bits per heavy atom. The highest BCUT2D eigenvalue weighted by Crippen LogP contribution is 2.40. The fourth-order valence-corrected chi connectivity index (χ4v) is 4.34. The number of aromatic amines is 1. The number of fused-ring (bicyclic) bond motifs is 3. The summed E-state index contributed by atoms with van der Waals surface area (Å²) >= 11 is 6.11. The highest BCUT2D eigenvalue weighted by atomic mass is 35.5. The molecule has 6 heteroatoms. The van der Waals surface area contributed by atoms with E-state index in [0.717, 1.165) is 35.9 Å². The average Bonchev–Trinajstić information content (AvgIpc) is 3.07. The Bertz CT molecular complexity index is 1030. The lowest BCUT2D eigenvalue weighted by molar-refractivity contribution is 0.102. The summed E-state index contributed by atoms with van der Waals surface area (Å²) in [5.74, 6) is 1.01. The van der Waals surface area contributed by atoms with Crippen molar-refractivity contribution < 1.29 is 4.79 Å². The number of carbonyl (C=O) groups excluding carboxylic acids is 1. The number of hydrogen-bond donors (Lipinski definition) is 3. The summed E-state index contributed by atoms with van der Waals surface area (Å²) in [5.41, 5.74) is 11.0. The van der Waals surface area contributed by atoms with Gasteiger partial charge in [-0.05, 0) is 54.5 Å². The van der Waals surface area contributed by atoms with Gasteiger partial charge in [0.05, 0.1) is 10.7 Å². The maximum atomic E-state index is 12.8. The van der Waals surface area contributed by atoms with Gasteiger partial charge in [-0.3, -0.25) is 9.78 Å². The first-order valence-corrected chi connectivity index (χ1v) is 10.2. The third kappa shape index (κ3) is 3.40. The van der Waals surface area contributed by atoms with Crippen molar-refractivity contribution in [2.75, 3.05) is 5.32 Å². The van der Waals surface area contributed by atoms with Gasteiger partial charge in [-0.1, -0.05) is 31.9 Å². The number of pyridine rings is 1. The minimum absolute atomic E-state index is 0.0167. The zero-order valence-electron chi connectivity index (χ0n) is 16.1. The van der Waals surface area contributed by atoms with Crippen molar-refractivity contribution in [3.63, 3.8) is 0 Å². The highest BCUT2D eigenvalue weighted by Gasteiger charge is 2.30. The Hall–Kier alpha value is -2.37. The molecule has 0 fully saturated rings. The smallest absolute Gasteiger partial charge is 0.255 e. The lowest BCUT2D eigenvalue weighted by Gasteiger charge is -2.31. The van der Waals surface area contributed by atoms with Crippen molar-refractivity contribution >= 4 is 34.1 Å². The number of benzene rings is 1. The Kier molecular flexibility index (Phi) is 5.13. The van der Waals surface area contributed by atoms with E-state index in [1.165, 1.54) is 11.8 Å². The number of H-pyrrole nitrogens is 1. The molecule has 2 aromatic heterocycles. The highest BCUT2D eigenvalue weighted by molar-refractivity contribution is 6.33. The van der Waals surface area contributed by atoms with Gasteiger partial charge in [0, 0.05) is 40.6 Å². The molecule has 0 spiro atoms. The van der Waals surface area contributed by atoms with Crippen LogP contribution in [0.15, 0.2) is 36.7 Å². The van der Waals surface area contributed by atoms with Crippen molar-refractivity contribution in [3.8, 4) is 0 Å². The van der Waals surface area contributed by atoms with Crippen molar-refractivity contribution in [2.24, 2.45) is 17.6 Å². The number of carbonyl (C=O) groups is 1. The van der Waals surface area contributed by atoms with Gasteiger partial charge in [0.15, 0.2) is 0 Å². The molecule has 4 rings (SSSR count). The monoisotopic (exact) mass is 396 g/mol. The van der Waals surface area contributed by atoms with Crippen LogP contribution in [0.5, 0.6) is 0 Å². The molecule has 5 nitrogen and oxygen atoms in total. The summed E-state index contributed by atoms with van der Waals surface area (Å²) in [6.07, 6.45) is 6.26. The second-order valence-corrected chi connectivity index (χ2v) is 8.19. The van der Waals surface area contributed by atoms with Gasteiger partial charge < -0.3 is 16.0 Å². The minimum atomic E-state index is -0.191. The molecule has 0 radical (unpaired) electrons. The maximum absolute atomic E-state index is 12.8.